The van der Waals surface area contributed by atoms with Gasteiger partial charge >= 0.3 is 0 Å². The Morgan fingerprint density at radius 2 is 1.61 bits per heavy atom. The summed E-state index contributed by atoms with van der Waals surface area (Å²) in [5, 5.41) is 0. The first kappa shape index (κ1) is 18.7. The fourth-order valence-corrected chi connectivity index (χ4v) is 3.65. The normalized spacial score (nSPS) is 26.4. The molecule has 0 radical (unpaired) electrons. The van der Waals surface area contributed by atoms with Gasteiger partial charge in [-0.3, -0.25) is 9.69 Å². The van der Waals surface area contributed by atoms with Crippen molar-refractivity contribution in [3.63, 3.8) is 0 Å². The van der Waals surface area contributed by atoms with Crippen LogP contribution >= 0.6 is 0 Å². The number of carbonyl (C=O) groups excluding carboxylic acids is 1. The molecule has 0 aromatic carbocycles. The molecule has 0 spiro atoms. The summed E-state index contributed by atoms with van der Waals surface area (Å²) in [6, 6.07) is 0. The van der Waals surface area contributed by atoms with Gasteiger partial charge in [-0.1, -0.05) is 0 Å². The number of ether oxygens (including phenoxy) is 2. The number of rotatable bonds is 8. The predicted octanol–water partition coefficient (Wildman–Crippen LogP) is 2.01. The van der Waals surface area contributed by atoms with Gasteiger partial charge in [-0.15, -0.1) is 0 Å². The van der Waals surface area contributed by atoms with Crippen molar-refractivity contribution in [1.29, 1.82) is 0 Å². The van der Waals surface area contributed by atoms with Gasteiger partial charge in [-0.25, -0.2) is 0 Å². The highest BCUT2D eigenvalue weighted by molar-refractivity contribution is 5.79. The van der Waals surface area contributed by atoms with Gasteiger partial charge in [0.1, 0.15) is 0 Å². The molecule has 0 aromatic heterocycles. The summed E-state index contributed by atoms with van der Waals surface area (Å²) in [7, 11) is 0. The SMILES string of the molecule is CCOCCN1CCN(C(=O)C2CCC(COCC)CC2)CC1. The van der Waals surface area contributed by atoms with Gasteiger partial charge in [0.2, 0.25) is 5.91 Å². The van der Waals surface area contributed by atoms with Crippen molar-refractivity contribution in [2.45, 2.75) is 39.5 Å². The molecule has 23 heavy (non-hydrogen) atoms. The minimum Gasteiger partial charge on any atom is -0.381 e. The molecule has 0 atom stereocenters. The number of piperazine rings is 1. The van der Waals surface area contributed by atoms with Gasteiger partial charge in [0.15, 0.2) is 0 Å². The fraction of sp³-hybridized carbons (Fsp3) is 0.944. The third-order valence-corrected chi connectivity index (χ3v) is 5.19. The maximum Gasteiger partial charge on any atom is 0.225 e. The lowest BCUT2D eigenvalue weighted by Crippen LogP contribution is -2.51. The highest BCUT2D eigenvalue weighted by Crippen LogP contribution is 2.30. The highest BCUT2D eigenvalue weighted by atomic mass is 16.5. The Morgan fingerprint density at radius 1 is 0.957 bits per heavy atom. The summed E-state index contributed by atoms with van der Waals surface area (Å²) in [5.74, 6) is 1.31. The van der Waals surface area contributed by atoms with E-state index in [0.717, 1.165) is 84.8 Å². The van der Waals surface area contributed by atoms with Gasteiger partial charge in [-0.05, 0) is 45.4 Å². The minimum atomic E-state index is 0.253. The second kappa shape index (κ2) is 10.3. The maximum absolute atomic E-state index is 12.7. The van der Waals surface area contributed by atoms with Gasteiger partial charge in [-0.2, -0.15) is 0 Å². The smallest absolute Gasteiger partial charge is 0.225 e. The Bertz CT molecular complexity index is 335. The molecular formula is C18H34N2O3. The van der Waals surface area contributed by atoms with Crippen molar-refractivity contribution in [2.24, 2.45) is 11.8 Å². The Kier molecular flexibility index (Phi) is 8.34. The second-order valence-corrected chi connectivity index (χ2v) is 6.74. The molecule has 5 nitrogen and oxygen atoms in total. The van der Waals surface area contributed by atoms with E-state index in [9.17, 15) is 4.79 Å². The minimum absolute atomic E-state index is 0.253. The van der Waals surface area contributed by atoms with E-state index < -0.39 is 0 Å². The molecule has 1 heterocycles. The molecule has 5 heteroatoms. The molecule has 0 bridgehead atoms. The van der Waals surface area contributed by atoms with Crippen LogP contribution in [0, 0.1) is 11.8 Å². The molecular weight excluding hydrogens is 292 g/mol. The lowest BCUT2D eigenvalue weighted by Gasteiger charge is -2.37. The first-order valence-electron chi connectivity index (χ1n) is 9.41. The standard InChI is InChI=1S/C18H34N2O3/c1-3-22-14-13-19-9-11-20(12-10-19)18(21)17-7-5-16(6-8-17)15-23-4-2/h16-17H,3-15H2,1-2H3. The van der Waals surface area contributed by atoms with Gasteiger partial charge in [0.05, 0.1) is 6.61 Å². The summed E-state index contributed by atoms with van der Waals surface area (Å²) in [5.41, 5.74) is 0. The van der Waals surface area contributed by atoms with E-state index in [2.05, 4.69) is 9.80 Å². The average molecular weight is 326 g/mol. The van der Waals surface area contributed by atoms with Gasteiger partial charge in [0.25, 0.3) is 0 Å². The summed E-state index contributed by atoms with van der Waals surface area (Å²) < 4.78 is 10.9. The van der Waals surface area contributed by atoms with Crippen molar-refractivity contribution in [2.75, 3.05) is 59.2 Å². The number of nitrogens with zero attached hydrogens (tertiary/aromatic N) is 2. The van der Waals surface area contributed by atoms with Gasteiger partial charge in [0, 0.05) is 58.5 Å². The van der Waals surface area contributed by atoms with Crippen LogP contribution in [0.15, 0.2) is 0 Å². The fourth-order valence-electron chi connectivity index (χ4n) is 3.65. The molecule has 1 saturated heterocycles. The molecule has 1 amide bonds. The van der Waals surface area contributed by atoms with Crippen LogP contribution in [0.2, 0.25) is 0 Å². The quantitative estimate of drug-likeness (QED) is 0.640. The zero-order valence-corrected chi connectivity index (χ0v) is 15.0. The van der Waals surface area contributed by atoms with Crippen LogP contribution in [-0.4, -0.2) is 74.9 Å². The zero-order chi connectivity index (χ0) is 16.5. The molecule has 1 saturated carbocycles. The van der Waals surface area contributed by atoms with Crippen LogP contribution in [0.5, 0.6) is 0 Å². The largest absolute Gasteiger partial charge is 0.381 e. The van der Waals surface area contributed by atoms with Crippen LogP contribution in [0.4, 0.5) is 0 Å². The van der Waals surface area contributed by atoms with E-state index in [1.165, 1.54) is 0 Å². The summed E-state index contributed by atoms with van der Waals surface area (Å²) >= 11 is 0. The predicted molar refractivity (Wildman–Crippen MR) is 91.5 cm³/mol. The molecule has 1 aliphatic heterocycles. The Morgan fingerprint density at radius 3 is 2.22 bits per heavy atom. The van der Waals surface area contributed by atoms with Crippen LogP contribution in [0.1, 0.15) is 39.5 Å². The van der Waals surface area contributed by atoms with Crippen molar-refractivity contribution >= 4 is 5.91 Å². The summed E-state index contributed by atoms with van der Waals surface area (Å²) in [4.78, 5) is 17.2. The number of hydrogen-bond acceptors (Lipinski definition) is 4. The topological polar surface area (TPSA) is 42.0 Å². The molecule has 0 aromatic rings. The number of carbonyl (C=O) groups is 1. The van der Waals surface area contributed by atoms with E-state index in [4.69, 9.17) is 9.47 Å². The molecule has 2 fully saturated rings. The van der Waals surface area contributed by atoms with E-state index in [1.54, 1.807) is 0 Å². The van der Waals surface area contributed by atoms with Crippen LogP contribution < -0.4 is 0 Å². The summed E-state index contributed by atoms with van der Waals surface area (Å²) in [6.45, 7) is 12.0. The highest BCUT2D eigenvalue weighted by Gasteiger charge is 2.30. The monoisotopic (exact) mass is 326 g/mol. The van der Waals surface area contributed by atoms with E-state index in [1.807, 2.05) is 13.8 Å². The lowest BCUT2D eigenvalue weighted by molar-refractivity contribution is -0.138. The maximum atomic E-state index is 12.7. The summed E-state index contributed by atoms with van der Waals surface area (Å²) in [6.07, 6.45) is 4.37. The van der Waals surface area contributed by atoms with Crippen LogP contribution in [0.25, 0.3) is 0 Å². The lowest BCUT2D eigenvalue weighted by atomic mass is 9.81. The second-order valence-electron chi connectivity index (χ2n) is 6.74. The van der Waals surface area contributed by atoms with E-state index in [0.29, 0.717) is 11.8 Å². The number of amides is 1. The molecule has 2 aliphatic rings. The van der Waals surface area contributed by atoms with Crippen LogP contribution in [0.3, 0.4) is 0 Å². The Balaban J connectivity index is 1.65. The number of hydrogen-bond donors (Lipinski definition) is 0. The Labute approximate surface area is 141 Å². The molecule has 2 rings (SSSR count). The molecule has 0 N–H and O–H groups in total. The Hall–Kier alpha value is -0.650. The van der Waals surface area contributed by atoms with Crippen molar-refractivity contribution < 1.29 is 14.3 Å². The molecule has 0 unspecified atom stereocenters. The van der Waals surface area contributed by atoms with Crippen molar-refractivity contribution in [1.82, 2.24) is 9.80 Å². The zero-order valence-electron chi connectivity index (χ0n) is 15.0. The molecule has 1 aliphatic carbocycles. The first-order valence-corrected chi connectivity index (χ1v) is 9.41. The third-order valence-electron chi connectivity index (χ3n) is 5.19. The van der Waals surface area contributed by atoms with Crippen LogP contribution in [-0.2, 0) is 14.3 Å². The van der Waals surface area contributed by atoms with Crippen molar-refractivity contribution in [3.05, 3.63) is 0 Å². The van der Waals surface area contributed by atoms with E-state index in [-0.39, 0.29) is 5.92 Å². The molecule has 134 valence electrons. The van der Waals surface area contributed by atoms with E-state index >= 15 is 0 Å². The van der Waals surface area contributed by atoms with Crippen molar-refractivity contribution in [3.8, 4) is 0 Å². The average Bonchev–Trinajstić information content (AvgIpc) is 2.61. The first-order chi connectivity index (χ1) is 11.2. The van der Waals surface area contributed by atoms with Gasteiger partial charge < -0.3 is 14.4 Å². The third kappa shape index (κ3) is 6.05.